The molecule has 0 bridgehead atoms. The van der Waals surface area contributed by atoms with Gasteiger partial charge in [-0.05, 0) is 43.5 Å². The molecule has 0 aliphatic heterocycles. The van der Waals surface area contributed by atoms with Crippen LogP contribution >= 0.6 is 27.5 Å². The lowest BCUT2D eigenvalue weighted by Gasteiger charge is -2.14. The third-order valence-corrected chi connectivity index (χ3v) is 3.62. The average Bonchev–Trinajstić information content (AvgIpc) is 2.15. The summed E-state index contributed by atoms with van der Waals surface area (Å²) in [5.74, 6) is -0.120. The predicted molar refractivity (Wildman–Crippen MR) is 62.7 cm³/mol. The Balaban J connectivity index is 3.49. The molecule has 0 heterocycles. The number of benzene rings is 1. The zero-order chi connectivity index (χ0) is 10.9. The minimum absolute atomic E-state index is 0.120. The van der Waals surface area contributed by atoms with Crippen molar-refractivity contribution >= 4 is 27.5 Å². The van der Waals surface area contributed by atoms with Crippen molar-refractivity contribution in [3.8, 4) is 6.07 Å². The van der Waals surface area contributed by atoms with E-state index >= 15 is 0 Å². The highest BCUT2D eigenvalue weighted by Crippen LogP contribution is 2.33. The summed E-state index contributed by atoms with van der Waals surface area (Å²) in [6.45, 7) is 5.83. The van der Waals surface area contributed by atoms with E-state index in [1.165, 1.54) is 0 Å². The first kappa shape index (κ1) is 11.6. The molecule has 0 saturated heterocycles. The molecule has 0 aromatic heterocycles. The highest BCUT2D eigenvalue weighted by atomic mass is 79.9. The standard InChI is InChI=1S/C11H11BrClN/c1-6(5-14)11-7(2)9(12)4-10(13)8(11)3/h4,6H,1-3H3. The van der Waals surface area contributed by atoms with Crippen LogP contribution in [0.5, 0.6) is 0 Å². The van der Waals surface area contributed by atoms with E-state index in [1.54, 1.807) is 0 Å². The number of nitriles is 1. The fraction of sp³-hybridized carbons (Fsp3) is 0.364. The molecule has 3 heteroatoms. The van der Waals surface area contributed by atoms with Crippen molar-refractivity contribution in [2.75, 3.05) is 0 Å². The average molecular weight is 273 g/mol. The fourth-order valence-electron chi connectivity index (χ4n) is 1.58. The molecule has 1 rings (SSSR count). The summed E-state index contributed by atoms with van der Waals surface area (Å²) in [5, 5.41) is 9.62. The second-order valence-electron chi connectivity index (χ2n) is 3.35. The third-order valence-electron chi connectivity index (χ3n) is 2.40. The van der Waals surface area contributed by atoms with Crippen LogP contribution in [0.15, 0.2) is 10.5 Å². The molecule has 0 N–H and O–H groups in total. The molecule has 0 spiro atoms. The van der Waals surface area contributed by atoms with E-state index in [2.05, 4.69) is 22.0 Å². The SMILES string of the molecule is Cc1c(Cl)cc(Br)c(C)c1C(C)C#N. The summed E-state index contributed by atoms with van der Waals surface area (Å²) in [6.07, 6.45) is 0. The Labute approximate surface area is 97.8 Å². The van der Waals surface area contributed by atoms with Gasteiger partial charge in [-0.25, -0.2) is 0 Å². The van der Waals surface area contributed by atoms with Gasteiger partial charge in [0.25, 0.3) is 0 Å². The van der Waals surface area contributed by atoms with Gasteiger partial charge < -0.3 is 0 Å². The molecular formula is C11H11BrClN. The van der Waals surface area contributed by atoms with Crippen molar-refractivity contribution < 1.29 is 0 Å². The molecule has 74 valence electrons. The van der Waals surface area contributed by atoms with Crippen LogP contribution in [-0.2, 0) is 0 Å². The van der Waals surface area contributed by atoms with Crippen molar-refractivity contribution in [2.24, 2.45) is 0 Å². The molecule has 0 fully saturated rings. The topological polar surface area (TPSA) is 23.8 Å². The number of nitrogens with zero attached hydrogens (tertiary/aromatic N) is 1. The van der Waals surface area contributed by atoms with Crippen LogP contribution in [0, 0.1) is 25.2 Å². The smallest absolute Gasteiger partial charge is 0.0701 e. The van der Waals surface area contributed by atoms with Gasteiger partial charge in [-0.15, -0.1) is 0 Å². The van der Waals surface area contributed by atoms with Crippen LogP contribution in [0.3, 0.4) is 0 Å². The first-order valence-electron chi connectivity index (χ1n) is 4.33. The van der Waals surface area contributed by atoms with Gasteiger partial charge in [-0.1, -0.05) is 27.5 Å². The van der Waals surface area contributed by atoms with Gasteiger partial charge in [0.15, 0.2) is 0 Å². The number of hydrogen-bond acceptors (Lipinski definition) is 1. The molecule has 0 saturated carbocycles. The lowest BCUT2D eigenvalue weighted by molar-refractivity contribution is 0.947. The van der Waals surface area contributed by atoms with Crippen molar-refractivity contribution in [3.63, 3.8) is 0 Å². The van der Waals surface area contributed by atoms with Crippen LogP contribution in [0.1, 0.15) is 29.5 Å². The van der Waals surface area contributed by atoms with E-state index in [9.17, 15) is 0 Å². The number of halogens is 2. The Hall–Kier alpha value is -0.520. The molecule has 0 aliphatic carbocycles. The summed E-state index contributed by atoms with van der Waals surface area (Å²) in [7, 11) is 0. The van der Waals surface area contributed by atoms with Gasteiger partial charge >= 0.3 is 0 Å². The monoisotopic (exact) mass is 271 g/mol. The molecule has 0 amide bonds. The van der Waals surface area contributed by atoms with E-state index in [0.717, 1.165) is 21.2 Å². The Bertz CT molecular complexity index is 380. The van der Waals surface area contributed by atoms with Crippen molar-refractivity contribution in [2.45, 2.75) is 26.7 Å². The summed E-state index contributed by atoms with van der Waals surface area (Å²) >= 11 is 9.49. The van der Waals surface area contributed by atoms with Crippen molar-refractivity contribution in [1.29, 1.82) is 5.26 Å². The molecule has 0 radical (unpaired) electrons. The largest absolute Gasteiger partial charge is 0.198 e. The fourth-order valence-corrected chi connectivity index (χ4v) is 2.37. The van der Waals surface area contributed by atoms with Crippen molar-refractivity contribution in [1.82, 2.24) is 0 Å². The molecule has 1 unspecified atom stereocenters. The van der Waals surface area contributed by atoms with Gasteiger partial charge in [0.2, 0.25) is 0 Å². The minimum Gasteiger partial charge on any atom is -0.198 e. The maximum Gasteiger partial charge on any atom is 0.0701 e. The van der Waals surface area contributed by atoms with Gasteiger partial charge in [-0.3, -0.25) is 0 Å². The summed E-state index contributed by atoms with van der Waals surface area (Å²) in [6, 6.07) is 4.11. The Kier molecular flexibility index (Phi) is 3.58. The number of rotatable bonds is 1. The van der Waals surface area contributed by atoms with E-state index in [-0.39, 0.29) is 5.92 Å². The summed E-state index contributed by atoms with van der Waals surface area (Å²) in [4.78, 5) is 0. The Morgan fingerprint density at radius 1 is 1.43 bits per heavy atom. The third kappa shape index (κ3) is 1.94. The van der Waals surface area contributed by atoms with E-state index in [4.69, 9.17) is 16.9 Å². The lowest BCUT2D eigenvalue weighted by atomic mass is 9.93. The van der Waals surface area contributed by atoms with Crippen LogP contribution in [0.2, 0.25) is 5.02 Å². The molecule has 1 aromatic carbocycles. The summed E-state index contributed by atoms with van der Waals surface area (Å²) in [5.41, 5.74) is 3.13. The second kappa shape index (κ2) is 4.33. The lowest BCUT2D eigenvalue weighted by Crippen LogP contribution is -1.99. The maximum atomic E-state index is 8.91. The van der Waals surface area contributed by atoms with Crippen LogP contribution < -0.4 is 0 Å². The van der Waals surface area contributed by atoms with E-state index in [1.807, 2.05) is 26.8 Å². The Morgan fingerprint density at radius 3 is 2.50 bits per heavy atom. The highest BCUT2D eigenvalue weighted by molar-refractivity contribution is 9.10. The van der Waals surface area contributed by atoms with Gasteiger partial charge in [0.05, 0.1) is 12.0 Å². The first-order chi connectivity index (χ1) is 6.49. The maximum absolute atomic E-state index is 8.91. The zero-order valence-electron chi connectivity index (χ0n) is 8.36. The normalized spacial score (nSPS) is 12.3. The zero-order valence-corrected chi connectivity index (χ0v) is 10.7. The van der Waals surface area contributed by atoms with E-state index < -0.39 is 0 Å². The molecule has 1 nitrogen and oxygen atoms in total. The molecule has 1 atom stereocenters. The highest BCUT2D eigenvalue weighted by Gasteiger charge is 2.15. The van der Waals surface area contributed by atoms with Crippen LogP contribution in [-0.4, -0.2) is 0 Å². The summed E-state index contributed by atoms with van der Waals surface area (Å²) < 4.78 is 0.963. The number of hydrogen-bond donors (Lipinski definition) is 0. The second-order valence-corrected chi connectivity index (χ2v) is 4.62. The predicted octanol–water partition coefficient (Wildman–Crippen LogP) is 4.35. The minimum atomic E-state index is -0.120. The quantitative estimate of drug-likeness (QED) is 0.746. The van der Waals surface area contributed by atoms with Gasteiger partial charge in [-0.2, -0.15) is 5.26 Å². The van der Waals surface area contributed by atoms with E-state index in [0.29, 0.717) is 5.02 Å². The van der Waals surface area contributed by atoms with Crippen LogP contribution in [0.25, 0.3) is 0 Å². The molecular weight excluding hydrogens is 261 g/mol. The van der Waals surface area contributed by atoms with Gasteiger partial charge in [0.1, 0.15) is 0 Å². The molecule has 1 aromatic rings. The molecule has 0 aliphatic rings. The van der Waals surface area contributed by atoms with Crippen LogP contribution in [0.4, 0.5) is 0 Å². The molecule has 14 heavy (non-hydrogen) atoms. The first-order valence-corrected chi connectivity index (χ1v) is 5.50. The van der Waals surface area contributed by atoms with Crippen molar-refractivity contribution in [3.05, 3.63) is 32.3 Å². The van der Waals surface area contributed by atoms with Gasteiger partial charge in [0, 0.05) is 9.50 Å². The Morgan fingerprint density at radius 2 is 2.00 bits per heavy atom.